The fourth-order valence-corrected chi connectivity index (χ4v) is 3.39. The Morgan fingerprint density at radius 1 is 1.00 bits per heavy atom. The molecule has 1 atom stereocenters. The lowest BCUT2D eigenvalue weighted by Gasteiger charge is -2.15. The Balaban J connectivity index is 1.82. The van der Waals surface area contributed by atoms with Gasteiger partial charge in [0.15, 0.2) is 5.37 Å². The minimum Gasteiger partial charge on any atom is -0.365 e. The van der Waals surface area contributed by atoms with Crippen molar-refractivity contribution >= 4 is 34.3 Å². The number of carbonyl (C=O) groups excluding carboxylic acids is 2. The van der Waals surface area contributed by atoms with Gasteiger partial charge in [-0.25, -0.2) is 4.90 Å². The number of aryl methyl sites for hydroxylation is 3. The molecule has 1 aliphatic rings. The van der Waals surface area contributed by atoms with E-state index in [2.05, 4.69) is 5.32 Å². The molecule has 4 nitrogen and oxygen atoms in total. The molecule has 0 aromatic heterocycles. The maximum Gasteiger partial charge on any atom is 0.295 e. The minimum absolute atomic E-state index is 0.233. The van der Waals surface area contributed by atoms with Crippen LogP contribution < -0.4 is 10.2 Å². The highest BCUT2D eigenvalue weighted by Gasteiger charge is 2.40. The molecule has 1 saturated heterocycles. The monoisotopic (exact) mass is 326 g/mol. The van der Waals surface area contributed by atoms with Gasteiger partial charge in [-0.05, 0) is 73.5 Å². The lowest BCUT2D eigenvalue weighted by Crippen LogP contribution is -2.34. The Hall–Kier alpha value is -2.27. The van der Waals surface area contributed by atoms with Crippen molar-refractivity contribution in [1.82, 2.24) is 0 Å². The Bertz CT molecular complexity index is 788. The molecule has 118 valence electrons. The van der Waals surface area contributed by atoms with Gasteiger partial charge in [0.2, 0.25) is 0 Å². The van der Waals surface area contributed by atoms with E-state index in [0.717, 1.165) is 28.6 Å². The van der Waals surface area contributed by atoms with E-state index in [1.165, 1.54) is 10.5 Å². The highest BCUT2D eigenvalue weighted by molar-refractivity contribution is 8.16. The van der Waals surface area contributed by atoms with Gasteiger partial charge in [0.05, 0.1) is 5.69 Å². The molecule has 0 radical (unpaired) electrons. The largest absolute Gasteiger partial charge is 0.365 e. The molecule has 5 heteroatoms. The fraction of sp³-hybridized carbons (Fsp3) is 0.222. The van der Waals surface area contributed by atoms with E-state index in [1.807, 2.05) is 57.2 Å². The lowest BCUT2D eigenvalue weighted by atomic mass is 10.1. The summed E-state index contributed by atoms with van der Waals surface area (Å²) in [7, 11) is 0. The third kappa shape index (κ3) is 3.10. The van der Waals surface area contributed by atoms with Crippen molar-refractivity contribution in [2.24, 2.45) is 0 Å². The number of hydrogen-bond donors (Lipinski definition) is 1. The predicted molar refractivity (Wildman–Crippen MR) is 95.0 cm³/mol. The number of benzene rings is 2. The normalized spacial score (nSPS) is 17.7. The van der Waals surface area contributed by atoms with Crippen LogP contribution in [0.2, 0.25) is 0 Å². The second-order valence-electron chi connectivity index (χ2n) is 5.72. The van der Waals surface area contributed by atoms with Crippen LogP contribution in [0.5, 0.6) is 0 Å². The summed E-state index contributed by atoms with van der Waals surface area (Å²) < 4.78 is 0. The average molecular weight is 326 g/mol. The number of carbonyl (C=O) groups is 2. The number of amides is 2. The van der Waals surface area contributed by atoms with E-state index in [-0.39, 0.29) is 11.1 Å². The molecule has 1 N–H and O–H groups in total. The molecule has 2 aromatic carbocycles. The third-order valence-corrected chi connectivity index (χ3v) is 4.85. The Morgan fingerprint density at radius 3 is 2.48 bits per heavy atom. The molecular weight excluding hydrogens is 308 g/mol. The van der Waals surface area contributed by atoms with Crippen molar-refractivity contribution in [3.63, 3.8) is 0 Å². The molecule has 2 amide bonds. The summed E-state index contributed by atoms with van der Waals surface area (Å²) in [6.07, 6.45) is 0. The van der Waals surface area contributed by atoms with Crippen molar-refractivity contribution in [1.29, 1.82) is 0 Å². The van der Waals surface area contributed by atoms with Crippen LogP contribution in [0.1, 0.15) is 16.7 Å². The standard InChI is InChI=1S/C18H18N2O2S/c1-11-5-4-6-15(9-11)20-17(21)16(23-18(20)22)19-14-8-7-12(2)13(3)10-14/h4-10,16,19H,1-3H3/t16-/m1/s1. The van der Waals surface area contributed by atoms with Gasteiger partial charge in [-0.1, -0.05) is 18.2 Å². The maximum absolute atomic E-state index is 12.6. The minimum atomic E-state index is -0.592. The molecule has 23 heavy (non-hydrogen) atoms. The molecular formula is C18H18N2O2S. The van der Waals surface area contributed by atoms with E-state index in [0.29, 0.717) is 5.69 Å². The van der Waals surface area contributed by atoms with Crippen LogP contribution in [0.15, 0.2) is 42.5 Å². The zero-order valence-corrected chi connectivity index (χ0v) is 14.1. The van der Waals surface area contributed by atoms with Crippen LogP contribution in [-0.4, -0.2) is 16.5 Å². The molecule has 0 spiro atoms. The first kappa shape index (κ1) is 15.6. The van der Waals surface area contributed by atoms with E-state index in [9.17, 15) is 9.59 Å². The fourth-order valence-electron chi connectivity index (χ4n) is 2.48. The molecule has 0 aliphatic carbocycles. The zero-order valence-electron chi connectivity index (χ0n) is 13.3. The topological polar surface area (TPSA) is 49.4 Å². The number of anilines is 2. The van der Waals surface area contributed by atoms with Crippen LogP contribution in [0.25, 0.3) is 0 Å². The predicted octanol–water partition coefficient (Wildman–Crippen LogP) is 4.25. The average Bonchev–Trinajstić information content (AvgIpc) is 2.77. The molecule has 3 rings (SSSR count). The number of thioether (sulfide) groups is 1. The lowest BCUT2D eigenvalue weighted by molar-refractivity contribution is -0.116. The van der Waals surface area contributed by atoms with Crippen LogP contribution in [0.3, 0.4) is 0 Å². The Labute approximate surface area is 139 Å². The first-order valence-electron chi connectivity index (χ1n) is 7.41. The van der Waals surface area contributed by atoms with Gasteiger partial charge in [0.1, 0.15) is 0 Å². The first-order valence-corrected chi connectivity index (χ1v) is 8.29. The molecule has 1 fully saturated rings. The van der Waals surface area contributed by atoms with E-state index in [4.69, 9.17) is 0 Å². The first-order chi connectivity index (χ1) is 11.0. The van der Waals surface area contributed by atoms with Crippen molar-refractivity contribution in [2.75, 3.05) is 10.2 Å². The van der Waals surface area contributed by atoms with Crippen LogP contribution in [0.4, 0.5) is 16.2 Å². The Morgan fingerprint density at radius 2 is 1.78 bits per heavy atom. The van der Waals surface area contributed by atoms with Gasteiger partial charge in [-0.3, -0.25) is 9.59 Å². The van der Waals surface area contributed by atoms with Crippen LogP contribution in [-0.2, 0) is 4.79 Å². The molecule has 1 aliphatic heterocycles. The van der Waals surface area contributed by atoms with Gasteiger partial charge in [0.25, 0.3) is 11.1 Å². The van der Waals surface area contributed by atoms with Crippen molar-refractivity contribution in [3.8, 4) is 0 Å². The van der Waals surface area contributed by atoms with Gasteiger partial charge >= 0.3 is 0 Å². The highest BCUT2D eigenvalue weighted by atomic mass is 32.2. The summed E-state index contributed by atoms with van der Waals surface area (Å²) in [4.78, 5) is 26.1. The molecule has 0 unspecified atom stereocenters. The number of imide groups is 1. The van der Waals surface area contributed by atoms with Crippen molar-refractivity contribution in [2.45, 2.75) is 26.1 Å². The SMILES string of the molecule is Cc1cccc(N2C(=O)S[C@@H](Nc3ccc(C)c(C)c3)C2=O)c1. The third-order valence-electron chi connectivity index (χ3n) is 3.91. The van der Waals surface area contributed by atoms with Gasteiger partial charge in [-0.2, -0.15) is 0 Å². The summed E-state index contributed by atoms with van der Waals surface area (Å²) in [6, 6.07) is 13.3. The van der Waals surface area contributed by atoms with Crippen molar-refractivity contribution < 1.29 is 9.59 Å². The van der Waals surface area contributed by atoms with Gasteiger partial charge < -0.3 is 5.32 Å². The number of nitrogens with one attached hydrogen (secondary N) is 1. The summed E-state index contributed by atoms with van der Waals surface area (Å²) in [5.41, 5.74) is 4.82. The van der Waals surface area contributed by atoms with Gasteiger partial charge in [-0.15, -0.1) is 0 Å². The van der Waals surface area contributed by atoms with E-state index >= 15 is 0 Å². The summed E-state index contributed by atoms with van der Waals surface area (Å²) in [6.45, 7) is 6.00. The molecule has 2 aromatic rings. The molecule has 1 heterocycles. The van der Waals surface area contributed by atoms with Crippen molar-refractivity contribution in [3.05, 3.63) is 59.2 Å². The number of rotatable bonds is 3. The maximum atomic E-state index is 12.6. The quantitative estimate of drug-likeness (QED) is 0.916. The smallest absolute Gasteiger partial charge is 0.295 e. The summed E-state index contributed by atoms with van der Waals surface area (Å²) >= 11 is 1.01. The van der Waals surface area contributed by atoms with E-state index < -0.39 is 5.37 Å². The van der Waals surface area contributed by atoms with Crippen LogP contribution >= 0.6 is 11.8 Å². The number of nitrogens with zero attached hydrogens (tertiary/aromatic N) is 1. The van der Waals surface area contributed by atoms with Gasteiger partial charge in [0, 0.05) is 5.69 Å². The Kier molecular flexibility index (Phi) is 4.13. The van der Waals surface area contributed by atoms with Crippen LogP contribution in [0, 0.1) is 20.8 Å². The summed E-state index contributed by atoms with van der Waals surface area (Å²) in [5.74, 6) is -0.233. The summed E-state index contributed by atoms with van der Waals surface area (Å²) in [5, 5.41) is 2.31. The van der Waals surface area contributed by atoms with E-state index in [1.54, 1.807) is 6.07 Å². The highest BCUT2D eigenvalue weighted by Crippen LogP contribution is 2.33. The zero-order chi connectivity index (χ0) is 16.6. The number of hydrogen-bond acceptors (Lipinski definition) is 4. The molecule has 0 saturated carbocycles. The second kappa shape index (κ2) is 6.08. The molecule has 0 bridgehead atoms. The second-order valence-corrected chi connectivity index (χ2v) is 6.78.